The average Bonchev–Trinajstić information content (AvgIpc) is 3.06. The van der Waals surface area contributed by atoms with E-state index < -0.39 is 19.5 Å². The maximum Gasteiger partial charge on any atom is 0.323 e. The van der Waals surface area contributed by atoms with Crippen LogP contribution in [0.15, 0.2) is 30.3 Å². The lowest BCUT2D eigenvalue weighted by Crippen LogP contribution is -2.42. The number of hydrogen-bond acceptors (Lipinski definition) is 5. The minimum Gasteiger partial charge on any atom is -0.468 e. The first-order chi connectivity index (χ1) is 12.4. The Balaban J connectivity index is 2.18. The molecule has 0 bridgehead atoms. The molecule has 0 spiro atoms. The minimum absolute atomic E-state index is 0.135. The van der Waals surface area contributed by atoms with Crippen molar-refractivity contribution < 1.29 is 18.4 Å². The molecule has 0 amide bonds. The summed E-state index contributed by atoms with van der Waals surface area (Å²) in [5.41, 5.74) is 1.08. The third kappa shape index (κ3) is 5.04. The molecule has 7 heteroatoms. The van der Waals surface area contributed by atoms with Gasteiger partial charge in [-0.15, -0.1) is 0 Å². The molecule has 0 radical (unpaired) electrons. The van der Waals surface area contributed by atoms with Crippen LogP contribution in [-0.2, 0) is 24.9 Å². The predicted molar refractivity (Wildman–Crippen MR) is 109 cm³/mol. The van der Waals surface area contributed by atoms with Crippen LogP contribution in [0.5, 0.6) is 0 Å². The number of hydrogen-bond donors (Lipinski definition) is 0. The summed E-state index contributed by atoms with van der Waals surface area (Å²) in [7, 11) is 0.351. The molecular weight excluding hydrogens is 362 g/mol. The number of carbonyl (C=O) groups is 1. The number of ether oxygens (including phenoxy) is 1. The largest absolute Gasteiger partial charge is 0.468 e. The van der Waals surface area contributed by atoms with E-state index in [1.165, 1.54) is 12.7 Å². The molecule has 1 aromatic rings. The van der Waals surface area contributed by atoms with Gasteiger partial charge in [0.05, 0.1) is 7.11 Å². The fraction of sp³-hybridized carbons (Fsp3) is 0.632. The van der Waals surface area contributed by atoms with Gasteiger partial charge in [0.25, 0.3) is 0 Å². The van der Waals surface area contributed by atoms with Crippen molar-refractivity contribution in [3.05, 3.63) is 35.9 Å². The maximum atomic E-state index is 12.4. The number of likely N-dealkylation sites (tertiary alicyclic amines) is 1. The van der Waals surface area contributed by atoms with Crippen LogP contribution in [0.3, 0.4) is 0 Å². The molecule has 1 heterocycles. The van der Waals surface area contributed by atoms with Gasteiger partial charge in [0.15, 0.2) is 19.5 Å². The van der Waals surface area contributed by atoms with Crippen molar-refractivity contribution in [2.24, 2.45) is 11.3 Å². The number of methoxy groups -OCH3 is 1. The van der Waals surface area contributed by atoms with Gasteiger partial charge in [0.1, 0.15) is 12.3 Å². The van der Waals surface area contributed by atoms with Gasteiger partial charge in [-0.25, -0.2) is 0 Å². The van der Waals surface area contributed by atoms with Gasteiger partial charge in [-0.1, -0.05) is 57.3 Å². The normalized spacial score (nSPS) is 23.3. The van der Waals surface area contributed by atoms with Crippen LogP contribution in [0.4, 0.5) is 0 Å². The number of nitrogens with zero attached hydrogens (tertiary/aromatic N) is 1. The van der Waals surface area contributed by atoms with Crippen molar-refractivity contribution in [3.8, 4) is 0 Å². The Labute approximate surface area is 162 Å². The Morgan fingerprint density at radius 1 is 1.23 bits per heavy atom. The van der Waals surface area contributed by atoms with E-state index in [0.29, 0.717) is 5.92 Å². The number of carbonyl (C=O) groups excluding carboxylic acids is 1. The van der Waals surface area contributed by atoms with Crippen LogP contribution in [0, 0.1) is 11.3 Å². The zero-order valence-corrected chi connectivity index (χ0v) is 19.6. The number of esters is 1. The highest BCUT2D eigenvalue weighted by Gasteiger charge is 2.47. The minimum atomic E-state index is -0.562. The lowest BCUT2D eigenvalue weighted by molar-refractivity contribution is -0.146. The average molecular weight is 396 g/mol. The smallest absolute Gasteiger partial charge is 0.323 e. The Morgan fingerprint density at radius 3 is 2.38 bits per heavy atom. The summed E-state index contributed by atoms with van der Waals surface area (Å²) >= 11 is 0. The summed E-state index contributed by atoms with van der Waals surface area (Å²) in [6.07, 6.45) is 0.627. The molecule has 2 unspecified atom stereocenters. The zero-order valence-electron chi connectivity index (χ0n) is 16.7. The molecule has 2 atom stereocenters. The Kier molecular flexibility index (Phi) is 8.03. The molecule has 1 fully saturated rings. The molecule has 0 N–H and O–H groups in total. The van der Waals surface area contributed by atoms with Gasteiger partial charge < -0.3 is 13.6 Å². The highest BCUT2D eigenvalue weighted by Crippen LogP contribution is 2.41. The quantitative estimate of drug-likeness (QED) is 0.362. The van der Waals surface area contributed by atoms with E-state index in [0.717, 1.165) is 19.5 Å². The van der Waals surface area contributed by atoms with Gasteiger partial charge in [-0.2, -0.15) is 0 Å². The first-order valence-corrected chi connectivity index (χ1v) is 13.5. The van der Waals surface area contributed by atoms with Gasteiger partial charge >= 0.3 is 5.97 Å². The molecule has 146 valence electrons. The van der Waals surface area contributed by atoms with E-state index in [4.69, 9.17) is 13.6 Å². The summed E-state index contributed by atoms with van der Waals surface area (Å²) in [4.78, 5) is 14.6. The van der Waals surface area contributed by atoms with Gasteiger partial charge in [-0.05, 0) is 17.9 Å². The van der Waals surface area contributed by atoms with Crippen molar-refractivity contribution in [3.63, 3.8) is 0 Å². The fourth-order valence-corrected chi connectivity index (χ4v) is 5.64. The molecule has 0 aliphatic carbocycles. The second-order valence-corrected chi connectivity index (χ2v) is 9.27. The highest BCUT2D eigenvalue weighted by molar-refractivity contribution is 6.26. The second kappa shape index (κ2) is 9.80. The summed E-state index contributed by atoms with van der Waals surface area (Å²) in [6.45, 7) is 10.3. The molecule has 26 heavy (non-hydrogen) atoms. The van der Waals surface area contributed by atoms with Crippen molar-refractivity contribution in [1.82, 2.24) is 4.90 Å². The SMILES string of the molecule is COC(=O)C1CC(C(C)(C)C(O[SiH2]C)O[SiH2]C)CN1Cc1ccccc1. The third-order valence-electron chi connectivity index (χ3n) is 5.40. The topological polar surface area (TPSA) is 48.0 Å². The van der Waals surface area contributed by atoms with Gasteiger partial charge in [0.2, 0.25) is 0 Å². The summed E-state index contributed by atoms with van der Waals surface area (Å²) in [5, 5.41) is 0. The van der Waals surface area contributed by atoms with E-state index in [2.05, 4.69) is 44.0 Å². The fourth-order valence-electron chi connectivity index (χ4n) is 3.79. The van der Waals surface area contributed by atoms with E-state index in [9.17, 15) is 4.79 Å². The second-order valence-electron chi connectivity index (χ2n) is 7.45. The van der Waals surface area contributed by atoms with Crippen LogP contribution in [0.1, 0.15) is 25.8 Å². The molecule has 2 rings (SSSR count). The Bertz CT molecular complexity index is 564. The number of benzene rings is 1. The molecule has 5 nitrogen and oxygen atoms in total. The van der Waals surface area contributed by atoms with E-state index in [1.54, 1.807) is 0 Å². The molecule has 1 saturated heterocycles. The molecule has 1 aliphatic rings. The monoisotopic (exact) mass is 395 g/mol. The van der Waals surface area contributed by atoms with Crippen LogP contribution >= 0.6 is 0 Å². The van der Waals surface area contributed by atoms with Crippen molar-refractivity contribution in [2.75, 3.05) is 13.7 Å². The maximum absolute atomic E-state index is 12.4. The lowest BCUT2D eigenvalue weighted by Gasteiger charge is -2.39. The molecule has 0 saturated carbocycles. The third-order valence-corrected chi connectivity index (χ3v) is 6.67. The van der Waals surface area contributed by atoms with E-state index in [-0.39, 0.29) is 23.7 Å². The van der Waals surface area contributed by atoms with Crippen LogP contribution < -0.4 is 0 Å². The lowest BCUT2D eigenvalue weighted by atomic mass is 9.77. The van der Waals surface area contributed by atoms with Crippen molar-refractivity contribution >= 4 is 25.5 Å². The van der Waals surface area contributed by atoms with Gasteiger partial charge in [0, 0.05) is 18.5 Å². The highest BCUT2D eigenvalue weighted by atomic mass is 28.2. The Hall–Kier alpha value is -0.996. The zero-order chi connectivity index (χ0) is 19.2. The van der Waals surface area contributed by atoms with Crippen molar-refractivity contribution in [1.29, 1.82) is 0 Å². The standard InChI is InChI=1S/C19H33NO4Si2/c1-19(2,18(23-25-4)24-26-5)15-11-16(17(21)22-3)20(13-15)12-14-9-7-6-8-10-14/h6-10,15-16,18H,11-13,25-26H2,1-5H3. The summed E-state index contributed by atoms with van der Waals surface area (Å²) in [5.74, 6) is 0.175. The van der Waals surface area contributed by atoms with E-state index in [1.807, 2.05) is 18.2 Å². The van der Waals surface area contributed by atoms with Crippen LogP contribution in [0.25, 0.3) is 0 Å². The van der Waals surface area contributed by atoms with E-state index >= 15 is 0 Å². The molecule has 1 aromatic carbocycles. The number of rotatable bonds is 9. The predicted octanol–water partition coefficient (Wildman–Crippen LogP) is 1.70. The summed E-state index contributed by atoms with van der Waals surface area (Å²) < 4.78 is 17.2. The summed E-state index contributed by atoms with van der Waals surface area (Å²) in [6, 6.07) is 10.1. The van der Waals surface area contributed by atoms with Gasteiger partial charge in [-0.3, -0.25) is 9.69 Å². The Morgan fingerprint density at radius 2 is 1.85 bits per heavy atom. The first-order valence-electron chi connectivity index (χ1n) is 9.53. The van der Waals surface area contributed by atoms with Crippen LogP contribution in [-0.4, -0.2) is 56.4 Å². The first kappa shape index (κ1) is 21.3. The van der Waals surface area contributed by atoms with Crippen molar-refractivity contribution in [2.45, 2.75) is 52.2 Å². The molecule has 0 aromatic heterocycles. The van der Waals surface area contributed by atoms with Crippen LogP contribution in [0.2, 0.25) is 13.1 Å². The molecule has 1 aliphatic heterocycles. The molecular formula is C19H33NO4Si2.